The Morgan fingerprint density at radius 3 is 2.32 bits per heavy atom. The SMILES string of the molecule is CCC(CC)(CN)NS(=O)(=O)c1ccc(C(=O)OC)cc1C. The zero-order valence-corrected chi connectivity index (χ0v) is 14.3. The molecule has 1 rings (SSSR count). The Hall–Kier alpha value is -1.44. The van der Waals surface area contributed by atoms with Gasteiger partial charge in [-0.25, -0.2) is 17.9 Å². The van der Waals surface area contributed by atoms with Crippen LogP contribution in [0.2, 0.25) is 0 Å². The molecule has 0 saturated carbocycles. The topological polar surface area (TPSA) is 98.5 Å². The van der Waals surface area contributed by atoms with Crippen molar-refractivity contribution in [3.63, 3.8) is 0 Å². The van der Waals surface area contributed by atoms with Gasteiger partial charge in [0.2, 0.25) is 10.0 Å². The van der Waals surface area contributed by atoms with Gasteiger partial charge in [-0.15, -0.1) is 0 Å². The number of benzene rings is 1. The number of esters is 1. The van der Waals surface area contributed by atoms with Crippen LogP contribution in [-0.4, -0.2) is 33.6 Å². The summed E-state index contributed by atoms with van der Waals surface area (Å²) in [6, 6.07) is 4.36. The van der Waals surface area contributed by atoms with Crippen molar-refractivity contribution in [3.8, 4) is 0 Å². The quantitative estimate of drug-likeness (QED) is 0.740. The highest BCUT2D eigenvalue weighted by molar-refractivity contribution is 7.89. The van der Waals surface area contributed by atoms with Gasteiger partial charge in [-0.2, -0.15) is 0 Å². The minimum absolute atomic E-state index is 0.139. The van der Waals surface area contributed by atoms with Crippen molar-refractivity contribution in [1.82, 2.24) is 4.72 Å². The highest BCUT2D eigenvalue weighted by Gasteiger charge is 2.31. The number of carbonyl (C=O) groups is 1. The fourth-order valence-electron chi connectivity index (χ4n) is 2.26. The summed E-state index contributed by atoms with van der Waals surface area (Å²) in [5, 5.41) is 0. The Bertz CT molecular complexity index is 629. The number of hydrogen-bond donors (Lipinski definition) is 2. The van der Waals surface area contributed by atoms with Gasteiger partial charge in [-0.3, -0.25) is 0 Å². The molecule has 0 aliphatic carbocycles. The molecule has 7 heteroatoms. The number of nitrogens with two attached hydrogens (primary N) is 1. The number of methoxy groups -OCH3 is 1. The number of nitrogens with one attached hydrogen (secondary N) is 1. The monoisotopic (exact) mass is 328 g/mol. The summed E-state index contributed by atoms with van der Waals surface area (Å²) in [5.74, 6) is -0.501. The van der Waals surface area contributed by atoms with Gasteiger partial charge in [0.1, 0.15) is 0 Å². The summed E-state index contributed by atoms with van der Waals surface area (Å²) >= 11 is 0. The van der Waals surface area contributed by atoms with Crippen molar-refractivity contribution in [2.75, 3.05) is 13.7 Å². The summed E-state index contributed by atoms with van der Waals surface area (Å²) in [4.78, 5) is 11.6. The van der Waals surface area contributed by atoms with Crippen LogP contribution in [0.5, 0.6) is 0 Å². The molecule has 1 aromatic rings. The van der Waals surface area contributed by atoms with Crippen LogP contribution in [0.3, 0.4) is 0 Å². The lowest BCUT2D eigenvalue weighted by Crippen LogP contribution is -2.52. The van der Waals surface area contributed by atoms with Crippen LogP contribution in [0, 0.1) is 6.92 Å². The van der Waals surface area contributed by atoms with E-state index in [1.807, 2.05) is 13.8 Å². The molecule has 0 aliphatic heterocycles. The molecule has 0 heterocycles. The van der Waals surface area contributed by atoms with Crippen molar-refractivity contribution < 1.29 is 17.9 Å². The summed E-state index contributed by atoms with van der Waals surface area (Å²) in [5.41, 5.74) is 5.88. The maximum Gasteiger partial charge on any atom is 0.337 e. The van der Waals surface area contributed by atoms with Crippen LogP contribution >= 0.6 is 0 Å². The maximum atomic E-state index is 12.6. The smallest absolute Gasteiger partial charge is 0.337 e. The first-order valence-electron chi connectivity index (χ1n) is 7.18. The molecule has 0 spiro atoms. The number of rotatable bonds is 7. The van der Waals surface area contributed by atoms with Crippen LogP contribution in [0.25, 0.3) is 0 Å². The lowest BCUT2D eigenvalue weighted by molar-refractivity contribution is 0.0600. The van der Waals surface area contributed by atoms with E-state index in [9.17, 15) is 13.2 Å². The van der Waals surface area contributed by atoms with E-state index in [-0.39, 0.29) is 11.4 Å². The second kappa shape index (κ2) is 7.21. The van der Waals surface area contributed by atoms with E-state index in [1.54, 1.807) is 6.92 Å². The average Bonchev–Trinajstić information content (AvgIpc) is 2.51. The zero-order valence-electron chi connectivity index (χ0n) is 13.5. The number of carbonyl (C=O) groups excluding carboxylic acids is 1. The average molecular weight is 328 g/mol. The fourth-order valence-corrected chi connectivity index (χ4v) is 4.04. The molecule has 0 saturated heterocycles. The predicted molar refractivity (Wildman–Crippen MR) is 85.2 cm³/mol. The second-order valence-corrected chi connectivity index (χ2v) is 6.92. The van der Waals surface area contributed by atoms with E-state index < -0.39 is 21.5 Å². The van der Waals surface area contributed by atoms with Crippen LogP contribution in [0.4, 0.5) is 0 Å². The van der Waals surface area contributed by atoms with E-state index in [4.69, 9.17) is 5.73 Å². The van der Waals surface area contributed by atoms with Crippen LogP contribution in [0.15, 0.2) is 23.1 Å². The maximum absolute atomic E-state index is 12.6. The molecular formula is C15H24N2O4S. The molecule has 0 amide bonds. The highest BCUT2D eigenvalue weighted by Crippen LogP contribution is 2.22. The Morgan fingerprint density at radius 1 is 1.32 bits per heavy atom. The van der Waals surface area contributed by atoms with Crippen LogP contribution in [0.1, 0.15) is 42.6 Å². The standard InChI is InChI=1S/C15H24N2O4S/c1-5-15(6-2,10-16)17-22(19,20)13-8-7-12(9-11(13)3)14(18)21-4/h7-9,17H,5-6,10,16H2,1-4H3. The largest absolute Gasteiger partial charge is 0.465 e. The minimum Gasteiger partial charge on any atom is -0.465 e. The van der Waals surface area contributed by atoms with Gasteiger partial charge in [-0.05, 0) is 43.5 Å². The Balaban J connectivity index is 3.21. The molecule has 3 N–H and O–H groups in total. The van der Waals surface area contributed by atoms with Crippen LogP contribution in [-0.2, 0) is 14.8 Å². The first kappa shape index (κ1) is 18.6. The molecule has 0 fully saturated rings. The molecule has 0 aliphatic rings. The second-order valence-electron chi connectivity index (χ2n) is 5.27. The van der Waals surface area contributed by atoms with Crippen molar-refractivity contribution in [1.29, 1.82) is 0 Å². The lowest BCUT2D eigenvalue weighted by Gasteiger charge is -2.31. The first-order valence-corrected chi connectivity index (χ1v) is 8.66. The molecule has 1 aromatic carbocycles. The van der Waals surface area contributed by atoms with E-state index >= 15 is 0 Å². The van der Waals surface area contributed by atoms with Crippen molar-refractivity contribution in [2.45, 2.75) is 44.0 Å². The van der Waals surface area contributed by atoms with E-state index in [0.717, 1.165) is 0 Å². The van der Waals surface area contributed by atoms with Gasteiger partial charge in [-0.1, -0.05) is 13.8 Å². The van der Waals surface area contributed by atoms with Crippen LogP contribution < -0.4 is 10.5 Å². The molecular weight excluding hydrogens is 304 g/mol. The van der Waals surface area contributed by atoms with E-state index in [1.165, 1.54) is 25.3 Å². The molecule has 6 nitrogen and oxygen atoms in total. The number of sulfonamides is 1. The number of aryl methyl sites for hydroxylation is 1. The Kier molecular flexibility index (Phi) is 6.10. The van der Waals surface area contributed by atoms with Crippen molar-refractivity contribution in [2.24, 2.45) is 5.73 Å². The van der Waals surface area contributed by atoms with E-state index in [0.29, 0.717) is 24.0 Å². The van der Waals surface area contributed by atoms with Gasteiger partial charge < -0.3 is 10.5 Å². The lowest BCUT2D eigenvalue weighted by atomic mass is 9.95. The molecule has 0 atom stereocenters. The van der Waals surface area contributed by atoms with Crippen molar-refractivity contribution in [3.05, 3.63) is 29.3 Å². The normalized spacial score (nSPS) is 12.2. The summed E-state index contributed by atoms with van der Waals surface area (Å²) < 4.78 is 32.6. The summed E-state index contributed by atoms with van der Waals surface area (Å²) in [6.07, 6.45) is 1.19. The summed E-state index contributed by atoms with van der Waals surface area (Å²) in [7, 11) is -2.44. The van der Waals surface area contributed by atoms with E-state index in [2.05, 4.69) is 9.46 Å². The fraction of sp³-hybridized carbons (Fsp3) is 0.533. The molecule has 0 aromatic heterocycles. The first-order chi connectivity index (χ1) is 10.2. The molecule has 124 valence electrons. The molecule has 0 radical (unpaired) electrons. The third-order valence-corrected chi connectivity index (χ3v) is 5.72. The Morgan fingerprint density at radius 2 is 1.91 bits per heavy atom. The summed E-state index contributed by atoms with van der Waals surface area (Å²) in [6.45, 7) is 5.65. The molecule has 0 bridgehead atoms. The van der Waals surface area contributed by atoms with Gasteiger partial charge >= 0.3 is 5.97 Å². The third kappa shape index (κ3) is 3.85. The number of hydrogen-bond acceptors (Lipinski definition) is 5. The third-order valence-electron chi connectivity index (χ3n) is 3.98. The van der Waals surface area contributed by atoms with Gasteiger partial charge in [0.05, 0.1) is 17.6 Å². The highest BCUT2D eigenvalue weighted by atomic mass is 32.2. The predicted octanol–water partition coefficient (Wildman–Crippen LogP) is 1.58. The molecule has 22 heavy (non-hydrogen) atoms. The Labute approximate surface area is 132 Å². The van der Waals surface area contributed by atoms with Gasteiger partial charge in [0.15, 0.2) is 0 Å². The van der Waals surface area contributed by atoms with Crippen molar-refractivity contribution >= 4 is 16.0 Å². The molecule has 0 unspecified atom stereocenters. The van der Waals surface area contributed by atoms with Gasteiger partial charge in [0, 0.05) is 12.1 Å². The van der Waals surface area contributed by atoms with Gasteiger partial charge in [0.25, 0.3) is 0 Å². The zero-order chi connectivity index (χ0) is 17.0. The minimum atomic E-state index is -3.72. The number of ether oxygens (including phenoxy) is 1.